The van der Waals surface area contributed by atoms with Crippen molar-refractivity contribution in [2.75, 3.05) is 0 Å². The zero-order valence-electron chi connectivity index (χ0n) is 10.4. The molecule has 0 aromatic heterocycles. The Morgan fingerprint density at radius 3 is 2.53 bits per heavy atom. The normalized spacial score (nSPS) is 14.6. The second-order valence-electron chi connectivity index (χ2n) is 4.95. The van der Waals surface area contributed by atoms with Gasteiger partial charge in [-0.2, -0.15) is 0 Å². The van der Waals surface area contributed by atoms with E-state index in [0.717, 1.165) is 11.1 Å². The van der Waals surface area contributed by atoms with Crippen molar-refractivity contribution in [1.29, 1.82) is 0 Å². The van der Waals surface area contributed by atoms with Crippen molar-refractivity contribution in [2.24, 2.45) is 5.73 Å². The summed E-state index contributed by atoms with van der Waals surface area (Å²) in [5.74, 6) is -0.613. The second kappa shape index (κ2) is 4.75. The van der Waals surface area contributed by atoms with Crippen LogP contribution in [0.3, 0.4) is 0 Å². The molecule has 0 amide bonds. The minimum absolute atomic E-state index is 0.184. The van der Waals surface area contributed by atoms with Gasteiger partial charge in [0, 0.05) is 6.42 Å². The van der Waals surface area contributed by atoms with Gasteiger partial charge in [-0.05, 0) is 30.0 Å². The number of rotatable bonds is 4. The molecule has 1 aromatic rings. The SMILES string of the molecule is CC(C)c1cc(C[C@](C)(N)C(=O)O)ccc1O. The summed E-state index contributed by atoms with van der Waals surface area (Å²) in [5, 5.41) is 18.6. The van der Waals surface area contributed by atoms with Crippen LogP contribution in [0.1, 0.15) is 37.8 Å². The molecule has 1 rings (SSSR count). The molecule has 0 saturated carbocycles. The third-order valence-corrected chi connectivity index (χ3v) is 2.77. The summed E-state index contributed by atoms with van der Waals surface area (Å²) in [6.07, 6.45) is 0.238. The highest BCUT2D eigenvalue weighted by Gasteiger charge is 2.28. The summed E-state index contributed by atoms with van der Waals surface area (Å²) in [6, 6.07) is 5.10. The van der Waals surface area contributed by atoms with E-state index in [1.54, 1.807) is 12.1 Å². The van der Waals surface area contributed by atoms with E-state index >= 15 is 0 Å². The third-order valence-electron chi connectivity index (χ3n) is 2.77. The van der Waals surface area contributed by atoms with Crippen LogP contribution >= 0.6 is 0 Å². The van der Waals surface area contributed by atoms with E-state index in [9.17, 15) is 9.90 Å². The van der Waals surface area contributed by atoms with Crippen LogP contribution in [0.5, 0.6) is 5.75 Å². The highest BCUT2D eigenvalue weighted by Crippen LogP contribution is 2.27. The fraction of sp³-hybridized carbons (Fsp3) is 0.462. The van der Waals surface area contributed by atoms with Crippen LogP contribution < -0.4 is 5.73 Å². The van der Waals surface area contributed by atoms with Crippen molar-refractivity contribution in [2.45, 2.75) is 38.6 Å². The lowest BCUT2D eigenvalue weighted by Crippen LogP contribution is -2.46. The molecule has 0 aliphatic carbocycles. The van der Waals surface area contributed by atoms with E-state index < -0.39 is 11.5 Å². The number of nitrogens with two attached hydrogens (primary N) is 1. The van der Waals surface area contributed by atoms with Gasteiger partial charge < -0.3 is 15.9 Å². The van der Waals surface area contributed by atoms with E-state index in [1.807, 2.05) is 19.9 Å². The molecule has 0 saturated heterocycles. The molecule has 0 aliphatic rings. The number of benzene rings is 1. The molecular formula is C13H19NO3. The van der Waals surface area contributed by atoms with E-state index in [0.29, 0.717) is 0 Å². The Hall–Kier alpha value is -1.55. The first-order valence-electron chi connectivity index (χ1n) is 5.58. The molecule has 4 N–H and O–H groups in total. The predicted octanol–water partition coefficient (Wildman–Crippen LogP) is 1.86. The largest absolute Gasteiger partial charge is 0.508 e. The van der Waals surface area contributed by atoms with Gasteiger partial charge in [0.05, 0.1) is 0 Å². The van der Waals surface area contributed by atoms with Gasteiger partial charge in [-0.1, -0.05) is 26.0 Å². The summed E-state index contributed by atoms with van der Waals surface area (Å²) < 4.78 is 0. The number of aromatic hydroxyl groups is 1. The topological polar surface area (TPSA) is 83.6 Å². The lowest BCUT2D eigenvalue weighted by Gasteiger charge is -2.20. The number of carboxylic acids is 1. The highest BCUT2D eigenvalue weighted by molar-refractivity contribution is 5.78. The van der Waals surface area contributed by atoms with Crippen molar-refractivity contribution in [3.05, 3.63) is 29.3 Å². The Morgan fingerprint density at radius 2 is 2.06 bits per heavy atom. The zero-order valence-corrected chi connectivity index (χ0v) is 10.4. The summed E-state index contributed by atoms with van der Waals surface area (Å²) in [7, 11) is 0. The van der Waals surface area contributed by atoms with Crippen molar-refractivity contribution < 1.29 is 15.0 Å². The summed E-state index contributed by atoms with van der Waals surface area (Å²) >= 11 is 0. The van der Waals surface area contributed by atoms with Gasteiger partial charge in [-0.3, -0.25) is 4.79 Å². The van der Waals surface area contributed by atoms with Crippen LogP contribution in [-0.4, -0.2) is 21.7 Å². The lowest BCUT2D eigenvalue weighted by atomic mass is 9.91. The highest BCUT2D eigenvalue weighted by atomic mass is 16.4. The maximum Gasteiger partial charge on any atom is 0.323 e. The number of hydrogen-bond acceptors (Lipinski definition) is 3. The van der Waals surface area contributed by atoms with Gasteiger partial charge in [-0.25, -0.2) is 0 Å². The van der Waals surface area contributed by atoms with Gasteiger partial charge in [-0.15, -0.1) is 0 Å². The molecule has 0 radical (unpaired) electrons. The number of aliphatic carboxylic acids is 1. The molecule has 94 valence electrons. The summed E-state index contributed by atoms with van der Waals surface area (Å²) in [4.78, 5) is 10.9. The van der Waals surface area contributed by atoms with Gasteiger partial charge >= 0.3 is 5.97 Å². The molecule has 0 spiro atoms. The average Bonchev–Trinajstić information content (AvgIpc) is 2.20. The standard InChI is InChI=1S/C13H19NO3/c1-8(2)10-6-9(4-5-11(10)15)7-13(3,14)12(16)17/h4-6,8,15H,7,14H2,1-3H3,(H,16,17)/t13-/m0/s1. The van der Waals surface area contributed by atoms with Gasteiger partial charge in [0.2, 0.25) is 0 Å². The molecule has 1 aromatic carbocycles. The molecule has 17 heavy (non-hydrogen) atoms. The van der Waals surface area contributed by atoms with Crippen LogP contribution in [-0.2, 0) is 11.2 Å². The number of hydrogen-bond donors (Lipinski definition) is 3. The first-order chi connectivity index (χ1) is 7.74. The summed E-state index contributed by atoms with van der Waals surface area (Å²) in [6.45, 7) is 5.42. The molecule has 0 bridgehead atoms. The van der Waals surface area contributed by atoms with E-state index in [4.69, 9.17) is 10.8 Å². The predicted molar refractivity (Wildman–Crippen MR) is 66.1 cm³/mol. The van der Waals surface area contributed by atoms with Crippen LogP contribution in [0, 0.1) is 0 Å². The molecule has 0 aliphatic heterocycles. The number of carbonyl (C=O) groups is 1. The van der Waals surface area contributed by atoms with Crippen LogP contribution in [0.15, 0.2) is 18.2 Å². The molecule has 0 fully saturated rings. The molecule has 4 nitrogen and oxygen atoms in total. The fourth-order valence-electron chi connectivity index (χ4n) is 1.68. The number of phenols is 1. The van der Waals surface area contributed by atoms with Crippen LogP contribution in [0.4, 0.5) is 0 Å². The minimum Gasteiger partial charge on any atom is -0.508 e. The molecule has 4 heteroatoms. The van der Waals surface area contributed by atoms with Crippen LogP contribution in [0.2, 0.25) is 0 Å². The molecular weight excluding hydrogens is 218 g/mol. The molecule has 0 unspecified atom stereocenters. The van der Waals surface area contributed by atoms with Gasteiger partial charge in [0.25, 0.3) is 0 Å². The van der Waals surface area contributed by atoms with E-state index in [2.05, 4.69) is 0 Å². The van der Waals surface area contributed by atoms with Crippen molar-refractivity contribution >= 4 is 5.97 Å². The third kappa shape index (κ3) is 3.20. The smallest absolute Gasteiger partial charge is 0.323 e. The van der Waals surface area contributed by atoms with Gasteiger partial charge in [0.1, 0.15) is 11.3 Å². The Labute approximate surface area is 101 Å². The minimum atomic E-state index is -1.29. The van der Waals surface area contributed by atoms with Crippen molar-refractivity contribution in [3.8, 4) is 5.75 Å². The van der Waals surface area contributed by atoms with Crippen LogP contribution in [0.25, 0.3) is 0 Å². The zero-order chi connectivity index (χ0) is 13.2. The first-order valence-corrected chi connectivity index (χ1v) is 5.58. The van der Waals surface area contributed by atoms with Gasteiger partial charge in [0.15, 0.2) is 0 Å². The first kappa shape index (κ1) is 13.5. The maximum atomic E-state index is 10.9. The molecule has 0 heterocycles. The Morgan fingerprint density at radius 1 is 1.47 bits per heavy atom. The number of phenolic OH excluding ortho intramolecular Hbond substituents is 1. The van der Waals surface area contributed by atoms with E-state index in [1.165, 1.54) is 6.92 Å². The summed E-state index contributed by atoms with van der Waals surface area (Å²) in [5.41, 5.74) is 6.03. The quantitative estimate of drug-likeness (QED) is 0.746. The number of carboxylic acid groups (broad SMARTS) is 1. The van der Waals surface area contributed by atoms with E-state index in [-0.39, 0.29) is 18.1 Å². The second-order valence-corrected chi connectivity index (χ2v) is 4.95. The molecule has 1 atom stereocenters. The van der Waals surface area contributed by atoms with Crippen molar-refractivity contribution in [3.63, 3.8) is 0 Å². The fourth-order valence-corrected chi connectivity index (χ4v) is 1.68. The van der Waals surface area contributed by atoms with Crippen molar-refractivity contribution in [1.82, 2.24) is 0 Å². The maximum absolute atomic E-state index is 10.9. The average molecular weight is 237 g/mol. The Bertz CT molecular complexity index is 425. The lowest BCUT2D eigenvalue weighted by molar-refractivity contribution is -0.142. The monoisotopic (exact) mass is 237 g/mol. The Kier molecular flexibility index (Phi) is 3.78. The Balaban J connectivity index is 3.01.